The monoisotopic (exact) mass is 929 g/mol. The molecule has 1 aliphatic heterocycles. The molecule has 0 saturated carbocycles. The summed E-state index contributed by atoms with van der Waals surface area (Å²) in [6, 6.07) is 59.3. The van der Waals surface area contributed by atoms with Gasteiger partial charge in [0.15, 0.2) is 0 Å². The van der Waals surface area contributed by atoms with E-state index < -0.39 is 0 Å². The maximum Gasteiger partial charge on any atom is 0.137 e. The molecule has 350 valence electrons. The van der Waals surface area contributed by atoms with E-state index in [1.54, 1.807) is 6.20 Å². The van der Waals surface area contributed by atoms with E-state index in [1.165, 1.54) is 33.4 Å². The molecule has 1 aliphatic carbocycles. The van der Waals surface area contributed by atoms with Crippen molar-refractivity contribution in [1.29, 1.82) is 0 Å². The van der Waals surface area contributed by atoms with E-state index in [0.29, 0.717) is 45.8 Å². The first-order valence-corrected chi connectivity index (χ1v) is 24.8. The largest absolute Gasteiger partial charge is 0.457 e. The van der Waals surface area contributed by atoms with Gasteiger partial charge in [-0.25, -0.2) is 4.98 Å². The summed E-state index contributed by atoms with van der Waals surface area (Å²) in [5.74, 6) is 1.76. The summed E-state index contributed by atoms with van der Waals surface area (Å²) >= 11 is 0. The van der Waals surface area contributed by atoms with Gasteiger partial charge < -0.3 is 14.5 Å². The predicted octanol–water partition coefficient (Wildman–Crippen LogP) is 17.9. The van der Waals surface area contributed by atoms with Gasteiger partial charge >= 0.3 is 0 Å². The highest BCUT2D eigenvalue weighted by atomic mass is 16.5. The summed E-state index contributed by atoms with van der Waals surface area (Å²) in [6.45, 7) is 16.5. The van der Waals surface area contributed by atoms with Crippen LogP contribution in [0.4, 0.5) is 22.7 Å². The molecule has 0 atom stereocenters. The number of nitrogens with zero attached hydrogens (tertiary/aromatic N) is 4. The summed E-state index contributed by atoms with van der Waals surface area (Å²) in [5.41, 5.74) is 16.2. The summed E-state index contributed by atoms with van der Waals surface area (Å²) in [4.78, 5) is 9.63. The highest BCUT2D eigenvalue weighted by Gasteiger charge is 2.38. The van der Waals surface area contributed by atoms with Crippen LogP contribution in [0.2, 0.25) is 0 Å². The first-order valence-electron chi connectivity index (χ1n) is 26.8. The molecule has 0 bridgehead atoms. The van der Waals surface area contributed by atoms with Gasteiger partial charge in [-0.15, -0.1) is 0 Å². The molecule has 0 saturated heterocycles. The molecular weight excluding hydrogens is 865 g/mol. The van der Waals surface area contributed by atoms with Gasteiger partial charge in [0.2, 0.25) is 0 Å². The van der Waals surface area contributed by atoms with Crippen LogP contribution in [0, 0.1) is 0 Å². The lowest BCUT2D eigenvalue weighted by Gasteiger charge is -2.42. The Kier molecular flexibility index (Phi) is 9.50. The average molecular weight is 929 g/mol. The van der Waals surface area contributed by atoms with Crippen molar-refractivity contribution in [2.24, 2.45) is 0 Å². The van der Waals surface area contributed by atoms with Crippen LogP contribution in [0.25, 0.3) is 61.0 Å². The Hall–Kier alpha value is -7.89. The van der Waals surface area contributed by atoms with Crippen molar-refractivity contribution >= 4 is 44.6 Å². The van der Waals surface area contributed by atoms with Crippen LogP contribution < -0.4 is 14.5 Å². The highest BCUT2D eigenvalue weighted by molar-refractivity contribution is 6.09. The number of benzene rings is 8. The Morgan fingerprint density at radius 1 is 0.535 bits per heavy atom. The Morgan fingerprint density at radius 2 is 1.20 bits per heavy atom. The van der Waals surface area contributed by atoms with E-state index >= 15 is 0 Å². The predicted molar refractivity (Wildman–Crippen MR) is 297 cm³/mol. The Bertz CT molecular complexity index is 3910. The third-order valence-corrected chi connectivity index (χ3v) is 15.1. The third-order valence-electron chi connectivity index (χ3n) is 15.1. The number of para-hydroxylation sites is 4. The number of pyridine rings is 1. The second kappa shape index (κ2) is 16.9. The van der Waals surface area contributed by atoms with Gasteiger partial charge in [-0.05, 0) is 129 Å². The molecule has 8 aromatic carbocycles. The van der Waals surface area contributed by atoms with Gasteiger partial charge in [0.1, 0.15) is 24.0 Å². The second-order valence-corrected chi connectivity index (χ2v) is 21.7. The molecule has 71 heavy (non-hydrogen) atoms. The van der Waals surface area contributed by atoms with Gasteiger partial charge in [0.25, 0.3) is 0 Å². The molecule has 0 spiro atoms. The molecule has 2 aliphatic rings. The van der Waals surface area contributed by atoms with Crippen LogP contribution in [-0.4, -0.2) is 16.2 Å². The number of fused-ring (bicyclic) bond motifs is 5. The quantitative estimate of drug-likeness (QED) is 0.152. The van der Waals surface area contributed by atoms with E-state index in [1.807, 2.05) is 47.0 Å². The minimum atomic E-state index is -0.289. The molecule has 0 amide bonds. The number of hydrogen-bond acceptors (Lipinski definition) is 4. The van der Waals surface area contributed by atoms with Gasteiger partial charge in [-0.2, -0.15) is 0 Å². The van der Waals surface area contributed by atoms with Gasteiger partial charge in [0, 0.05) is 45.9 Å². The van der Waals surface area contributed by atoms with Crippen LogP contribution in [0.3, 0.4) is 0 Å². The van der Waals surface area contributed by atoms with Crippen LogP contribution >= 0.6 is 0 Å². The lowest BCUT2D eigenvalue weighted by molar-refractivity contribution is 0.332. The first-order chi connectivity index (χ1) is 36.0. The molecule has 5 nitrogen and oxygen atoms in total. The Labute approximate surface area is 424 Å². The van der Waals surface area contributed by atoms with Crippen molar-refractivity contribution in [2.75, 3.05) is 16.5 Å². The standard InChI is InChI=1S/C66H60N4O/c1-64(2,3)48-34-37-67-62(40-48)70-58-27-12-11-24-54(58)55-32-31-51(42-61(55)70)71-50-23-16-22-49(41-50)68-43-69(60-29-14-13-28-59(60)68)63-52(46-21-15-20-45(38-46)44-18-9-8-10-19-44)25-17-26-53(63)47-30-33-56-57(39-47)66(6,7)36-35-65(56,4)5/h8-34,37-42H,35-36,43H2,1-7H3/i11D,12D,24D,27D. The Morgan fingerprint density at radius 3 is 1.99 bits per heavy atom. The lowest BCUT2D eigenvalue weighted by atomic mass is 9.63. The van der Waals surface area contributed by atoms with Crippen molar-refractivity contribution < 1.29 is 10.2 Å². The van der Waals surface area contributed by atoms with Crippen molar-refractivity contribution in [3.63, 3.8) is 0 Å². The number of rotatable bonds is 8. The van der Waals surface area contributed by atoms with Crippen molar-refractivity contribution in [3.05, 3.63) is 217 Å². The van der Waals surface area contributed by atoms with Crippen LogP contribution in [0.1, 0.15) is 83.5 Å². The molecule has 3 heterocycles. The molecule has 0 radical (unpaired) electrons. The maximum absolute atomic E-state index is 9.12. The van der Waals surface area contributed by atoms with E-state index in [-0.39, 0.29) is 40.4 Å². The molecule has 12 rings (SSSR count). The van der Waals surface area contributed by atoms with Crippen LogP contribution in [0.15, 0.2) is 200 Å². The summed E-state index contributed by atoms with van der Waals surface area (Å²) in [5, 5.41) is 1.13. The number of aromatic nitrogens is 2. The first kappa shape index (κ1) is 39.9. The molecule has 0 fully saturated rings. The normalized spacial score (nSPS) is 15.8. The van der Waals surface area contributed by atoms with E-state index in [4.69, 9.17) is 15.2 Å². The smallest absolute Gasteiger partial charge is 0.137 e. The van der Waals surface area contributed by atoms with Gasteiger partial charge in [-0.3, -0.25) is 4.57 Å². The fraction of sp³-hybridized carbons (Fsp3) is 0.197. The fourth-order valence-corrected chi connectivity index (χ4v) is 11.0. The SMILES string of the molecule is [2H]c1c([2H])c([2H])c2c(c1[2H])c1ccc(Oc3cccc(N4CN(c5c(-c6cccc(-c7ccccc7)c6)cccc5-c5ccc6c(c5)C(C)(C)CCC6(C)C)c5ccccc54)c3)cc1n2-c1cc(C(C)(C)C)ccn1. The topological polar surface area (TPSA) is 33.5 Å². The minimum Gasteiger partial charge on any atom is -0.457 e. The van der Waals surface area contributed by atoms with E-state index in [0.717, 1.165) is 52.3 Å². The minimum absolute atomic E-state index is 0.0434. The third kappa shape index (κ3) is 7.85. The number of ether oxygens (including phenoxy) is 1. The second-order valence-electron chi connectivity index (χ2n) is 21.7. The molecular formula is C66H60N4O. The summed E-state index contributed by atoms with van der Waals surface area (Å²) in [7, 11) is 0. The van der Waals surface area contributed by atoms with Crippen LogP contribution in [-0.2, 0) is 16.2 Å². The number of anilines is 4. The summed E-state index contributed by atoms with van der Waals surface area (Å²) in [6.07, 6.45) is 4.06. The highest BCUT2D eigenvalue weighted by Crippen LogP contribution is 2.53. The lowest BCUT2D eigenvalue weighted by Crippen LogP contribution is -2.33. The fourth-order valence-electron chi connectivity index (χ4n) is 11.0. The molecule has 0 N–H and O–H groups in total. The molecule has 10 aromatic rings. The van der Waals surface area contributed by atoms with Gasteiger partial charge in [-0.1, -0.05) is 170 Å². The zero-order chi connectivity index (χ0) is 52.1. The van der Waals surface area contributed by atoms with E-state index in [2.05, 4.69) is 186 Å². The molecule has 5 heteroatoms. The average Bonchev–Trinajstić information content (AvgIpc) is 3.98. The zero-order valence-electron chi connectivity index (χ0n) is 45.6. The van der Waals surface area contributed by atoms with Crippen molar-refractivity contribution in [1.82, 2.24) is 9.55 Å². The molecule has 2 aromatic heterocycles. The van der Waals surface area contributed by atoms with Gasteiger partial charge in [0.05, 0.1) is 33.6 Å². The zero-order valence-corrected chi connectivity index (χ0v) is 41.6. The van der Waals surface area contributed by atoms with Crippen molar-refractivity contribution in [2.45, 2.75) is 77.6 Å². The summed E-state index contributed by atoms with van der Waals surface area (Å²) < 4.78 is 44.1. The van der Waals surface area contributed by atoms with Crippen LogP contribution in [0.5, 0.6) is 11.5 Å². The Balaban J connectivity index is 0.964. The van der Waals surface area contributed by atoms with E-state index in [9.17, 15) is 0 Å². The molecule has 0 unspecified atom stereocenters. The maximum atomic E-state index is 9.12. The number of hydrogen-bond donors (Lipinski definition) is 0. The van der Waals surface area contributed by atoms with Crippen molar-refractivity contribution in [3.8, 4) is 50.7 Å².